The number of nitrogens with zero attached hydrogens (tertiary/aromatic N) is 5. The molecule has 0 bridgehead atoms. The first-order chi connectivity index (χ1) is 9.40. The molecule has 0 spiro atoms. The van der Waals surface area contributed by atoms with E-state index >= 15 is 0 Å². The zero-order valence-corrected chi connectivity index (χ0v) is 10.7. The summed E-state index contributed by atoms with van der Waals surface area (Å²) in [7, 11) is 0. The van der Waals surface area contributed by atoms with E-state index in [0.717, 1.165) is 18.7 Å². The lowest BCUT2D eigenvalue weighted by Gasteiger charge is -2.26. The Kier molecular flexibility index (Phi) is 2.42. The van der Waals surface area contributed by atoms with E-state index in [1.54, 1.807) is 11.3 Å². The van der Waals surface area contributed by atoms with Gasteiger partial charge in [0.2, 0.25) is 5.82 Å². The fourth-order valence-corrected chi connectivity index (χ4v) is 2.48. The molecule has 1 N–H and O–H groups in total. The average Bonchev–Trinajstić information content (AvgIpc) is 3.08. The zero-order chi connectivity index (χ0) is 12.7. The molecule has 8 heteroatoms. The molecule has 7 nitrogen and oxygen atoms in total. The lowest BCUT2D eigenvalue weighted by atomic mass is 10.2. The lowest BCUT2D eigenvalue weighted by molar-refractivity contribution is 0.313. The van der Waals surface area contributed by atoms with Gasteiger partial charge >= 0.3 is 0 Å². The summed E-state index contributed by atoms with van der Waals surface area (Å²) in [5, 5.41) is 19.3. The van der Waals surface area contributed by atoms with Crippen LogP contribution in [0.1, 0.15) is 6.04 Å². The Balaban J connectivity index is 1.63. The fraction of sp³-hybridized carbons (Fsp3) is 0.273. The van der Waals surface area contributed by atoms with E-state index in [-0.39, 0.29) is 0 Å². The molecule has 3 aromatic rings. The third kappa shape index (κ3) is 1.85. The van der Waals surface area contributed by atoms with Gasteiger partial charge in [0.05, 0.1) is 12.2 Å². The van der Waals surface area contributed by atoms with Crippen molar-refractivity contribution in [2.75, 3.05) is 13.1 Å². The average molecular weight is 274 g/mol. The third-order valence-corrected chi connectivity index (χ3v) is 3.75. The van der Waals surface area contributed by atoms with Gasteiger partial charge in [0.25, 0.3) is 5.89 Å². The van der Waals surface area contributed by atoms with E-state index < -0.39 is 0 Å². The highest BCUT2D eigenvalue weighted by Crippen LogP contribution is 2.23. The molecule has 1 aliphatic rings. The molecule has 0 atom stereocenters. The van der Waals surface area contributed by atoms with Crippen LogP contribution in [-0.4, -0.2) is 38.2 Å². The van der Waals surface area contributed by atoms with Crippen molar-refractivity contribution in [3.8, 4) is 23.0 Å². The van der Waals surface area contributed by atoms with Gasteiger partial charge in [0.1, 0.15) is 0 Å². The quantitative estimate of drug-likeness (QED) is 0.773. The highest BCUT2D eigenvalue weighted by Gasteiger charge is 2.22. The fourth-order valence-electron chi connectivity index (χ4n) is 1.85. The lowest BCUT2D eigenvalue weighted by Crippen LogP contribution is -2.43. The minimum atomic E-state index is 0.375. The van der Waals surface area contributed by atoms with E-state index in [1.807, 2.05) is 27.7 Å². The van der Waals surface area contributed by atoms with Gasteiger partial charge in [-0.2, -0.15) is 16.3 Å². The van der Waals surface area contributed by atoms with Crippen molar-refractivity contribution in [2.24, 2.45) is 0 Å². The molecular formula is C11H10N6OS. The Hall–Kier alpha value is -2.06. The van der Waals surface area contributed by atoms with E-state index in [1.165, 1.54) is 0 Å². The van der Waals surface area contributed by atoms with Crippen LogP contribution in [0, 0.1) is 0 Å². The molecule has 4 rings (SSSR count). The van der Waals surface area contributed by atoms with Crippen LogP contribution in [0.5, 0.6) is 0 Å². The second-order valence-electron chi connectivity index (χ2n) is 4.33. The molecule has 96 valence electrons. The molecule has 4 heterocycles. The molecule has 0 radical (unpaired) electrons. The maximum absolute atomic E-state index is 5.23. The Labute approximate surface area is 112 Å². The summed E-state index contributed by atoms with van der Waals surface area (Å²) in [6.45, 7) is 1.85. The maximum atomic E-state index is 5.23. The summed E-state index contributed by atoms with van der Waals surface area (Å²) >= 11 is 1.60. The van der Waals surface area contributed by atoms with Gasteiger partial charge in [-0.3, -0.25) is 0 Å². The number of hydrogen-bond acceptors (Lipinski definition) is 7. The summed E-state index contributed by atoms with van der Waals surface area (Å²) < 4.78 is 7.06. The molecular weight excluding hydrogens is 264 g/mol. The van der Waals surface area contributed by atoms with Crippen molar-refractivity contribution in [3.63, 3.8) is 0 Å². The zero-order valence-electron chi connectivity index (χ0n) is 9.85. The first kappa shape index (κ1) is 10.8. The largest absolute Gasteiger partial charge is 0.332 e. The topological polar surface area (TPSA) is 81.7 Å². The Morgan fingerprint density at radius 3 is 3.11 bits per heavy atom. The van der Waals surface area contributed by atoms with Crippen LogP contribution in [0.25, 0.3) is 23.0 Å². The number of thiophene rings is 1. The van der Waals surface area contributed by atoms with Crippen molar-refractivity contribution in [1.82, 2.24) is 30.5 Å². The molecule has 3 aromatic heterocycles. The number of rotatable bonds is 3. The molecule has 1 saturated heterocycles. The molecule has 1 fully saturated rings. The van der Waals surface area contributed by atoms with Crippen molar-refractivity contribution >= 4 is 11.3 Å². The van der Waals surface area contributed by atoms with Crippen LogP contribution in [0.3, 0.4) is 0 Å². The van der Waals surface area contributed by atoms with Crippen LogP contribution in [0.15, 0.2) is 27.5 Å². The molecule has 0 aromatic carbocycles. The molecule has 0 saturated carbocycles. The van der Waals surface area contributed by atoms with Crippen LogP contribution >= 0.6 is 11.3 Å². The first-order valence-corrected chi connectivity index (χ1v) is 6.83. The predicted molar refractivity (Wildman–Crippen MR) is 68.5 cm³/mol. The summed E-state index contributed by atoms with van der Waals surface area (Å²) in [6.07, 6.45) is 1.84. The number of aromatic nitrogens is 5. The normalized spacial score (nSPS) is 15.6. The van der Waals surface area contributed by atoms with Crippen molar-refractivity contribution in [3.05, 3.63) is 23.0 Å². The first-order valence-electron chi connectivity index (χ1n) is 5.89. The summed E-state index contributed by atoms with van der Waals surface area (Å²) in [5.41, 5.74) is 1.57. The van der Waals surface area contributed by atoms with Crippen molar-refractivity contribution in [2.45, 2.75) is 6.04 Å². The molecule has 0 unspecified atom stereocenters. The van der Waals surface area contributed by atoms with Gasteiger partial charge in [0.15, 0.2) is 5.69 Å². The molecule has 19 heavy (non-hydrogen) atoms. The second-order valence-corrected chi connectivity index (χ2v) is 5.11. The van der Waals surface area contributed by atoms with Gasteiger partial charge in [0, 0.05) is 24.0 Å². The maximum Gasteiger partial charge on any atom is 0.280 e. The summed E-state index contributed by atoms with van der Waals surface area (Å²) in [4.78, 5) is 4.34. The third-order valence-electron chi connectivity index (χ3n) is 3.07. The predicted octanol–water partition coefficient (Wildman–Crippen LogP) is 1.20. The van der Waals surface area contributed by atoms with Gasteiger partial charge in [-0.1, -0.05) is 10.4 Å². The summed E-state index contributed by atoms with van der Waals surface area (Å²) in [5.74, 6) is 0.982. The van der Waals surface area contributed by atoms with Crippen LogP contribution in [0.2, 0.25) is 0 Å². The van der Waals surface area contributed by atoms with Gasteiger partial charge in [-0.05, 0) is 11.4 Å². The molecule has 0 aliphatic carbocycles. The Morgan fingerprint density at radius 2 is 2.37 bits per heavy atom. The van der Waals surface area contributed by atoms with E-state index in [9.17, 15) is 0 Å². The van der Waals surface area contributed by atoms with Gasteiger partial charge < -0.3 is 9.84 Å². The Bertz CT molecular complexity index is 684. The second kappa shape index (κ2) is 4.25. The van der Waals surface area contributed by atoms with Gasteiger partial charge in [-0.15, -0.1) is 5.10 Å². The SMILES string of the molecule is c1cc(-c2noc(-c3cn(C4CNC4)nn3)n2)cs1. The van der Waals surface area contributed by atoms with Crippen molar-refractivity contribution < 1.29 is 4.52 Å². The van der Waals surface area contributed by atoms with Crippen LogP contribution in [0.4, 0.5) is 0 Å². The van der Waals surface area contributed by atoms with Crippen molar-refractivity contribution in [1.29, 1.82) is 0 Å². The number of nitrogens with one attached hydrogen (secondary N) is 1. The van der Waals surface area contributed by atoms with Crippen LogP contribution < -0.4 is 5.32 Å². The Morgan fingerprint density at radius 1 is 1.42 bits per heavy atom. The molecule has 1 aliphatic heterocycles. The minimum Gasteiger partial charge on any atom is -0.332 e. The molecule has 0 amide bonds. The van der Waals surface area contributed by atoms with E-state index in [2.05, 4.69) is 25.8 Å². The highest BCUT2D eigenvalue weighted by atomic mass is 32.1. The van der Waals surface area contributed by atoms with E-state index in [4.69, 9.17) is 4.52 Å². The summed E-state index contributed by atoms with van der Waals surface area (Å²) in [6, 6.07) is 2.33. The smallest absolute Gasteiger partial charge is 0.280 e. The van der Waals surface area contributed by atoms with E-state index in [0.29, 0.717) is 23.5 Å². The highest BCUT2D eigenvalue weighted by molar-refractivity contribution is 7.08. The number of hydrogen-bond donors (Lipinski definition) is 1. The van der Waals surface area contributed by atoms with Gasteiger partial charge in [-0.25, -0.2) is 4.68 Å². The monoisotopic (exact) mass is 274 g/mol. The minimum absolute atomic E-state index is 0.375. The van der Waals surface area contributed by atoms with Crippen LogP contribution in [-0.2, 0) is 0 Å². The standard InChI is InChI=1S/C11H10N6OS/c1-2-19-6-7(1)10-13-11(18-15-10)9-5-17(16-14-9)8-3-12-4-8/h1-2,5-6,8,12H,3-4H2.